The van der Waals surface area contributed by atoms with Gasteiger partial charge < -0.3 is 45.0 Å². The largest absolute Gasteiger partial charge is 0.381 e. The summed E-state index contributed by atoms with van der Waals surface area (Å²) in [6.45, 7) is 53.5. The van der Waals surface area contributed by atoms with Gasteiger partial charge in [-0.3, -0.25) is 33.6 Å². The van der Waals surface area contributed by atoms with Crippen LogP contribution in [-0.2, 0) is 43.0 Å². The molecule has 16 nitrogen and oxygen atoms in total. The average Bonchev–Trinajstić information content (AvgIpc) is 3.38. The van der Waals surface area contributed by atoms with Gasteiger partial charge in [-0.2, -0.15) is 0 Å². The van der Waals surface area contributed by atoms with Crippen LogP contribution in [0.4, 0.5) is 0 Å². The van der Waals surface area contributed by atoms with Crippen molar-refractivity contribution in [1.82, 2.24) is 35.6 Å². The number of nitrogens with zero attached hydrogens (tertiary/aromatic N) is 4. The fourth-order valence-corrected chi connectivity index (χ4v) is 7.17. The van der Waals surface area contributed by atoms with Gasteiger partial charge in [0.15, 0.2) is 0 Å². The SMILES string of the molecule is CC(=O)NC(C)C.CCC(CC)N(C)C(C)=O.CCC(CC)NC(C)=O.CCC(CC)OC.CCCC(CC)NC(C)=O.CCCC(CC)OC.CCCN(CC)C(C)=O.CCCN(CCC)C(C)=O.CCN(CC)C(C)=O. The van der Waals surface area contributed by atoms with Crippen LogP contribution in [0.15, 0.2) is 0 Å². The highest BCUT2D eigenvalue weighted by Crippen LogP contribution is 2.06. The highest BCUT2D eigenvalue weighted by molar-refractivity contribution is 5.75. The fourth-order valence-electron chi connectivity index (χ4n) is 7.17. The first-order valence-electron chi connectivity index (χ1n) is 30.4. The molecule has 0 radical (unpaired) electrons. The van der Waals surface area contributed by atoms with E-state index in [9.17, 15) is 33.6 Å². The van der Waals surface area contributed by atoms with Crippen molar-refractivity contribution < 1.29 is 43.0 Å². The van der Waals surface area contributed by atoms with Gasteiger partial charge >= 0.3 is 0 Å². The average molecular weight is 1120 g/mol. The summed E-state index contributed by atoms with van der Waals surface area (Å²) >= 11 is 0. The number of hydrogen-bond donors (Lipinski definition) is 3. The van der Waals surface area contributed by atoms with Gasteiger partial charge in [0.1, 0.15) is 0 Å². The number of carbonyl (C=O) groups excluding carboxylic acids is 7. The van der Waals surface area contributed by atoms with Crippen molar-refractivity contribution in [3.63, 3.8) is 0 Å². The fraction of sp³-hybridized carbons (Fsp3) is 0.887. The van der Waals surface area contributed by atoms with Crippen LogP contribution in [0.2, 0.25) is 0 Å². The van der Waals surface area contributed by atoms with Gasteiger partial charge in [-0.1, -0.05) is 103 Å². The molecule has 0 aliphatic carbocycles. The Labute approximate surface area is 484 Å². The first kappa shape index (κ1) is 93.5. The Hall–Kier alpha value is -3.79. The summed E-state index contributed by atoms with van der Waals surface area (Å²) in [6.07, 6.45) is 17.4. The highest BCUT2D eigenvalue weighted by Gasteiger charge is 2.12. The lowest BCUT2D eigenvalue weighted by Crippen LogP contribution is -2.34. The zero-order valence-corrected chi connectivity index (χ0v) is 56.8. The molecule has 78 heavy (non-hydrogen) atoms. The minimum absolute atomic E-state index is 0.0370. The van der Waals surface area contributed by atoms with Crippen LogP contribution in [0.25, 0.3) is 0 Å². The van der Waals surface area contributed by atoms with E-state index in [-0.39, 0.29) is 47.4 Å². The summed E-state index contributed by atoms with van der Waals surface area (Å²) in [5.41, 5.74) is 0. The van der Waals surface area contributed by atoms with E-state index in [0.29, 0.717) is 30.3 Å². The minimum atomic E-state index is 0.0370. The Balaban J connectivity index is -0.0000000984. The number of methoxy groups -OCH3 is 2. The van der Waals surface area contributed by atoms with E-state index < -0.39 is 0 Å². The number of amides is 7. The maximum atomic E-state index is 10.8. The van der Waals surface area contributed by atoms with Crippen molar-refractivity contribution in [3.05, 3.63) is 0 Å². The van der Waals surface area contributed by atoms with Crippen molar-refractivity contribution in [1.29, 1.82) is 0 Å². The van der Waals surface area contributed by atoms with Crippen molar-refractivity contribution >= 4 is 41.4 Å². The number of rotatable bonds is 27. The smallest absolute Gasteiger partial charge is 0.219 e. The molecule has 0 aromatic rings. The molecule has 0 saturated carbocycles. The maximum absolute atomic E-state index is 10.8. The summed E-state index contributed by atoms with van der Waals surface area (Å²) in [5, 5.41) is 8.40. The molecule has 16 heteroatoms. The van der Waals surface area contributed by atoms with Gasteiger partial charge in [0, 0.05) is 133 Å². The second-order valence-electron chi connectivity index (χ2n) is 19.3. The van der Waals surface area contributed by atoms with Crippen LogP contribution in [-0.4, -0.2) is 158 Å². The topological polar surface area (TPSA) is 187 Å². The molecule has 3 N–H and O–H groups in total. The molecule has 0 aliphatic rings. The second kappa shape index (κ2) is 71.2. The van der Waals surface area contributed by atoms with Crippen LogP contribution < -0.4 is 16.0 Å². The lowest BCUT2D eigenvalue weighted by atomic mass is 10.1. The summed E-state index contributed by atoms with van der Waals surface area (Å²) in [7, 11) is 5.40. The molecular weight excluding hydrogens is 987 g/mol. The molecule has 0 rings (SSSR count). The highest BCUT2D eigenvalue weighted by atomic mass is 16.5. The second-order valence-corrected chi connectivity index (χ2v) is 19.3. The Morgan fingerprint density at radius 1 is 0.372 bits per heavy atom. The standard InChI is InChI=1S/3C8H17NO.2C7H15NO.C7H16O.C6H13NO.C6H14O.C5H11NO/c1-5-8(6-2)9(4)7(3)10;1-4-6-9(7-5-2)8(3)10;1-4-6-8(5-2)9-7(3)10;1-4-6-8(5-2)7(3)9;1-4-7(5-2)8-6(3)9;1-4-6-7(5-2)8-3;1-4-7(5-2)6(3)8;1-4-6(5-2)7-3;1-4(2)6-5(3)7/h8H,5-6H2,1-4H3;4-7H2,1-3H3;8H,4-6H2,1-3H3,(H,9,10);4-6H2,1-3H3;7H,4-5H2,1-3H3,(H,8,9);7H,4-6H2,1-3H3;4-5H2,1-3H3;6H,4-5H2,1-3H3;4H,1-3H3,(H,6,7). The first-order chi connectivity index (χ1) is 36.5. The first-order valence-corrected chi connectivity index (χ1v) is 30.4. The van der Waals surface area contributed by atoms with E-state index in [2.05, 4.69) is 106 Å². The molecule has 0 saturated heterocycles. The zero-order chi connectivity index (χ0) is 63.2. The van der Waals surface area contributed by atoms with Gasteiger partial charge in [0.2, 0.25) is 41.4 Å². The molecule has 0 fully saturated rings. The summed E-state index contributed by atoms with van der Waals surface area (Å²) < 4.78 is 10.2. The number of carbonyl (C=O) groups is 7. The van der Waals surface area contributed by atoms with E-state index >= 15 is 0 Å². The van der Waals surface area contributed by atoms with Crippen LogP contribution in [0.5, 0.6) is 0 Å². The zero-order valence-electron chi connectivity index (χ0n) is 56.8. The molecular formula is C62H135N7O9. The molecule has 2 atom stereocenters. The Morgan fingerprint density at radius 2 is 0.692 bits per heavy atom. The third kappa shape index (κ3) is 76.4. The number of hydrogen-bond acceptors (Lipinski definition) is 9. The molecule has 0 spiro atoms. The third-order valence-electron chi connectivity index (χ3n) is 12.0. The van der Waals surface area contributed by atoms with E-state index in [1.165, 1.54) is 19.8 Å². The monoisotopic (exact) mass is 1120 g/mol. The van der Waals surface area contributed by atoms with Crippen molar-refractivity contribution in [2.45, 2.75) is 306 Å². The third-order valence-corrected chi connectivity index (χ3v) is 12.0. The van der Waals surface area contributed by atoms with Gasteiger partial charge in [0.25, 0.3) is 0 Å². The van der Waals surface area contributed by atoms with E-state index in [1.54, 1.807) is 65.6 Å². The molecule has 0 aliphatic heterocycles. The summed E-state index contributed by atoms with van der Waals surface area (Å²) in [6, 6.07) is 1.47. The Morgan fingerprint density at radius 3 is 0.808 bits per heavy atom. The van der Waals surface area contributed by atoms with Crippen molar-refractivity contribution in [2.24, 2.45) is 0 Å². The van der Waals surface area contributed by atoms with Crippen molar-refractivity contribution in [2.75, 3.05) is 60.5 Å². The quantitative estimate of drug-likeness (QED) is 0.0719. The predicted octanol–water partition coefficient (Wildman–Crippen LogP) is 13.0. The summed E-state index contributed by atoms with van der Waals surface area (Å²) in [4.78, 5) is 81.4. The Kier molecular flexibility index (Phi) is 85.4. The van der Waals surface area contributed by atoms with E-state index in [0.717, 1.165) is 123 Å². The molecule has 0 bridgehead atoms. The van der Waals surface area contributed by atoms with Crippen LogP contribution in [0.3, 0.4) is 0 Å². The van der Waals surface area contributed by atoms with Gasteiger partial charge in [-0.25, -0.2) is 0 Å². The lowest BCUT2D eigenvalue weighted by Gasteiger charge is -2.24. The number of nitrogens with one attached hydrogen (secondary N) is 3. The van der Waals surface area contributed by atoms with Crippen molar-refractivity contribution in [3.8, 4) is 0 Å². The van der Waals surface area contributed by atoms with Crippen LogP contribution >= 0.6 is 0 Å². The van der Waals surface area contributed by atoms with Crippen LogP contribution in [0.1, 0.15) is 269 Å². The van der Waals surface area contributed by atoms with Crippen LogP contribution in [0, 0.1) is 0 Å². The molecule has 2 unspecified atom stereocenters. The molecule has 0 aromatic heterocycles. The maximum Gasteiger partial charge on any atom is 0.219 e. The normalized spacial score (nSPS) is 10.4. The molecule has 472 valence electrons. The van der Waals surface area contributed by atoms with E-state index in [4.69, 9.17) is 9.47 Å². The van der Waals surface area contributed by atoms with Gasteiger partial charge in [-0.15, -0.1) is 0 Å². The molecule has 0 aromatic carbocycles. The summed E-state index contributed by atoms with van der Waals surface area (Å²) in [5.74, 6) is 0.894. The molecule has 0 heterocycles. The minimum Gasteiger partial charge on any atom is -0.381 e. The number of ether oxygens (including phenoxy) is 2. The lowest BCUT2D eigenvalue weighted by molar-refractivity contribution is -0.130. The molecule has 7 amide bonds. The predicted molar refractivity (Wildman–Crippen MR) is 335 cm³/mol. The van der Waals surface area contributed by atoms with Gasteiger partial charge in [-0.05, 0) is 118 Å². The van der Waals surface area contributed by atoms with Gasteiger partial charge in [0.05, 0.1) is 12.2 Å². The Bertz CT molecular complexity index is 1300. The van der Waals surface area contributed by atoms with E-state index in [1.807, 2.05) is 51.5 Å².